The van der Waals surface area contributed by atoms with Crippen molar-refractivity contribution in [2.24, 2.45) is 0 Å². The molecule has 4 nitrogen and oxygen atoms in total. The van der Waals surface area contributed by atoms with Crippen molar-refractivity contribution < 1.29 is 19.3 Å². The first-order valence-corrected chi connectivity index (χ1v) is 5.17. The van der Waals surface area contributed by atoms with Gasteiger partial charge in [0, 0.05) is 26.9 Å². The molecule has 0 heterocycles. The van der Waals surface area contributed by atoms with Crippen LogP contribution in [0.4, 0.5) is 0 Å². The summed E-state index contributed by atoms with van der Waals surface area (Å²) in [7, 11) is 1.68. The van der Waals surface area contributed by atoms with Crippen LogP contribution in [0.2, 0.25) is 0 Å². The molecule has 0 aliphatic carbocycles. The minimum Gasteiger partial charge on any atom is -0.385 e. The molecule has 0 aromatic carbocycles. The molecular weight excluding hydrogens is 184 g/mol. The zero-order valence-corrected chi connectivity index (χ0v) is 9.20. The van der Waals surface area contributed by atoms with Gasteiger partial charge in [-0.15, -0.1) is 0 Å². The SMILES string of the molecule is CCC(O)OCCCOCCCOC. The van der Waals surface area contributed by atoms with E-state index in [1.807, 2.05) is 6.92 Å². The fourth-order valence-electron chi connectivity index (χ4n) is 0.906. The molecule has 86 valence electrons. The average molecular weight is 206 g/mol. The van der Waals surface area contributed by atoms with Gasteiger partial charge in [0.15, 0.2) is 6.29 Å². The van der Waals surface area contributed by atoms with Crippen LogP contribution in [0.15, 0.2) is 0 Å². The molecule has 0 aliphatic heterocycles. The van der Waals surface area contributed by atoms with E-state index >= 15 is 0 Å². The zero-order valence-electron chi connectivity index (χ0n) is 9.20. The number of hydrogen-bond donors (Lipinski definition) is 1. The van der Waals surface area contributed by atoms with Crippen molar-refractivity contribution in [1.29, 1.82) is 0 Å². The maximum atomic E-state index is 9.05. The second-order valence-corrected chi connectivity index (χ2v) is 3.05. The van der Waals surface area contributed by atoms with Gasteiger partial charge in [0.2, 0.25) is 0 Å². The molecule has 0 rings (SSSR count). The Morgan fingerprint density at radius 2 is 1.71 bits per heavy atom. The maximum absolute atomic E-state index is 9.05. The van der Waals surface area contributed by atoms with Crippen LogP contribution in [0, 0.1) is 0 Å². The molecule has 0 saturated carbocycles. The topological polar surface area (TPSA) is 47.9 Å². The van der Waals surface area contributed by atoms with Crippen LogP contribution in [0.1, 0.15) is 26.2 Å². The van der Waals surface area contributed by atoms with Crippen molar-refractivity contribution in [3.63, 3.8) is 0 Å². The number of aliphatic hydroxyl groups excluding tert-OH is 1. The largest absolute Gasteiger partial charge is 0.385 e. The van der Waals surface area contributed by atoms with E-state index in [-0.39, 0.29) is 0 Å². The third kappa shape index (κ3) is 9.92. The van der Waals surface area contributed by atoms with E-state index in [0.717, 1.165) is 26.1 Å². The Morgan fingerprint density at radius 1 is 1.07 bits per heavy atom. The van der Waals surface area contributed by atoms with Crippen molar-refractivity contribution in [2.45, 2.75) is 32.5 Å². The summed E-state index contributed by atoms with van der Waals surface area (Å²) >= 11 is 0. The Bertz CT molecular complexity index is 108. The monoisotopic (exact) mass is 206 g/mol. The van der Waals surface area contributed by atoms with E-state index in [9.17, 15) is 0 Å². The number of hydrogen-bond acceptors (Lipinski definition) is 4. The molecule has 0 aromatic rings. The van der Waals surface area contributed by atoms with Crippen LogP contribution < -0.4 is 0 Å². The lowest BCUT2D eigenvalue weighted by Crippen LogP contribution is -2.12. The number of ether oxygens (including phenoxy) is 3. The van der Waals surface area contributed by atoms with Crippen molar-refractivity contribution in [3.8, 4) is 0 Å². The predicted octanol–water partition coefficient (Wildman–Crippen LogP) is 1.17. The van der Waals surface area contributed by atoms with Crippen LogP contribution >= 0.6 is 0 Å². The van der Waals surface area contributed by atoms with Gasteiger partial charge in [-0.1, -0.05) is 6.92 Å². The van der Waals surface area contributed by atoms with Gasteiger partial charge in [0.05, 0.1) is 6.61 Å². The molecule has 0 fully saturated rings. The molecule has 1 unspecified atom stereocenters. The zero-order chi connectivity index (χ0) is 10.6. The molecule has 4 heteroatoms. The Hall–Kier alpha value is -0.160. The van der Waals surface area contributed by atoms with Gasteiger partial charge in [0.1, 0.15) is 0 Å². The second-order valence-electron chi connectivity index (χ2n) is 3.05. The van der Waals surface area contributed by atoms with Crippen LogP contribution in [0.5, 0.6) is 0 Å². The minimum absolute atomic E-state index is 0.555. The fourth-order valence-corrected chi connectivity index (χ4v) is 0.906. The smallest absolute Gasteiger partial charge is 0.154 e. The van der Waals surface area contributed by atoms with E-state index in [1.54, 1.807) is 7.11 Å². The highest BCUT2D eigenvalue weighted by molar-refractivity contribution is 4.39. The Balaban J connectivity index is 2.92. The van der Waals surface area contributed by atoms with Crippen LogP contribution in [0.3, 0.4) is 0 Å². The highest BCUT2D eigenvalue weighted by Gasteiger charge is 1.98. The normalized spacial score (nSPS) is 13.1. The first-order chi connectivity index (χ1) is 6.81. The van der Waals surface area contributed by atoms with Gasteiger partial charge in [-0.2, -0.15) is 0 Å². The molecule has 1 atom stereocenters. The maximum Gasteiger partial charge on any atom is 0.154 e. The third-order valence-electron chi connectivity index (χ3n) is 1.73. The van der Waals surface area contributed by atoms with E-state index in [1.165, 1.54) is 0 Å². The highest BCUT2D eigenvalue weighted by Crippen LogP contribution is 1.94. The first kappa shape index (κ1) is 13.8. The first-order valence-electron chi connectivity index (χ1n) is 5.17. The number of rotatable bonds is 10. The van der Waals surface area contributed by atoms with Crippen molar-refractivity contribution in [2.75, 3.05) is 33.5 Å². The Morgan fingerprint density at radius 3 is 2.29 bits per heavy atom. The third-order valence-corrected chi connectivity index (χ3v) is 1.73. The molecule has 0 saturated heterocycles. The number of aliphatic hydroxyl groups is 1. The molecule has 14 heavy (non-hydrogen) atoms. The summed E-state index contributed by atoms with van der Waals surface area (Å²) in [4.78, 5) is 0. The number of methoxy groups -OCH3 is 1. The average Bonchev–Trinajstić information content (AvgIpc) is 2.21. The van der Waals surface area contributed by atoms with E-state index in [4.69, 9.17) is 19.3 Å². The van der Waals surface area contributed by atoms with Gasteiger partial charge in [-0.05, 0) is 19.3 Å². The molecule has 0 radical (unpaired) electrons. The van der Waals surface area contributed by atoms with E-state index in [2.05, 4.69) is 0 Å². The summed E-state index contributed by atoms with van der Waals surface area (Å²) in [6.07, 6.45) is 1.76. The predicted molar refractivity (Wildman–Crippen MR) is 54.2 cm³/mol. The molecule has 0 amide bonds. The second kappa shape index (κ2) is 10.9. The summed E-state index contributed by atoms with van der Waals surface area (Å²) in [5.41, 5.74) is 0. The van der Waals surface area contributed by atoms with Crippen LogP contribution in [0.25, 0.3) is 0 Å². The van der Waals surface area contributed by atoms with Crippen LogP contribution in [-0.4, -0.2) is 44.9 Å². The summed E-state index contributed by atoms with van der Waals surface area (Å²) in [6.45, 7) is 4.58. The standard InChI is InChI=1S/C10H22O4/c1-3-10(11)14-9-5-8-13-7-4-6-12-2/h10-11H,3-9H2,1-2H3. The summed E-state index contributed by atoms with van der Waals surface area (Å²) in [5, 5.41) is 9.05. The summed E-state index contributed by atoms with van der Waals surface area (Å²) in [5.74, 6) is 0. The summed E-state index contributed by atoms with van der Waals surface area (Å²) in [6, 6.07) is 0. The lowest BCUT2D eigenvalue weighted by atomic mass is 10.4. The molecule has 0 spiro atoms. The minimum atomic E-state index is -0.622. The van der Waals surface area contributed by atoms with Crippen molar-refractivity contribution in [1.82, 2.24) is 0 Å². The Labute approximate surface area is 86.2 Å². The van der Waals surface area contributed by atoms with Gasteiger partial charge in [0.25, 0.3) is 0 Å². The van der Waals surface area contributed by atoms with Gasteiger partial charge in [-0.25, -0.2) is 0 Å². The summed E-state index contributed by atoms with van der Waals surface area (Å²) < 4.78 is 15.3. The van der Waals surface area contributed by atoms with Gasteiger partial charge in [-0.3, -0.25) is 0 Å². The molecular formula is C10H22O4. The molecule has 0 aliphatic rings. The fraction of sp³-hybridized carbons (Fsp3) is 1.00. The van der Waals surface area contributed by atoms with E-state index in [0.29, 0.717) is 19.6 Å². The molecule has 0 bridgehead atoms. The highest BCUT2D eigenvalue weighted by atomic mass is 16.6. The van der Waals surface area contributed by atoms with Gasteiger partial charge < -0.3 is 19.3 Å². The van der Waals surface area contributed by atoms with Crippen molar-refractivity contribution in [3.05, 3.63) is 0 Å². The molecule has 1 N–H and O–H groups in total. The lowest BCUT2D eigenvalue weighted by molar-refractivity contribution is -0.104. The van der Waals surface area contributed by atoms with Gasteiger partial charge >= 0.3 is 0 Å². The Kier molecular flexibility index (Phi) is 10.8. The lowest BCUT2D eigenvalue weighted by Gasteiger charge is -2.09. The quantitative estimate of drug-likeness (QED) is 0.430. The van der Waals surface area contributed by atoms with E-state index < -0.39 is 6.29 Å². The van der Waals surface area contributed by atoms with Crippen molar-refractivity contribution >= 4 is 0 Å². The van der Waals surface area contributed by atoms with Crippen LogP contribution in [-0.2, 0) is 14.2 Å². The molecule has 0 aromatic heterocycles.